The third-order valence-electron chi connectivity index (χ3n) is 5.57. The van der Waals surface area contributed by atoms with E-state index in [1.807, 2.05) is 12.1 Å². The lowest BCUT2D eigenvalue weighted by atomic mass is 10.1. The molecule has 3 heterocycles. The van der Waals surface area contributed by atoms with Crippen molar-refractivity contribution in [2.24, 2.45) is 0 Å². The van der Waals surface area contributed by atoms with Gasteiger partial charge in [0.25, 0.3) is 0 Å². The molecule has 0 unspecified atom stereocenters. The van der Waals surface area contributed by atoms with Gasteiger partial charge in [-0.2, -0.15) is 0 Å². The van der Waals surface area contributed by atoms with Crippen molar-refractivity contribution in [2.75, 3.05) is 33.0 Å². The molecule has 0 atom stereocenters. The van der Waals surface area contributed by atoms with Gasteiger partial charge in [-0.25, -0.2) is 9.36 Å². The molecule has 7 nitrogen and oxygen atoms in total. The molecule has 1 saturated heterocycles. The number of nitrogens with zero attached hydrogens (tertiary/aromatic N) is 1. The normalized spacial score (nSPS) is 21.3. The minimum absolute atomic E-state index is 0.307. The molecule has 28 heavy (non-hydrogen) atoms. The monoisotopic (exact) mass is 403 g/mol. The van der Waals surface area contributed by atoms with E-state index in [2.05, 4.69) is 12.1 Å². The van der Waals surface area contributed by atoms with Crippen molar-refractivity contribution in [1.29, 1.82) is 0 Å². The second-order valence-electron chi connectivity index (χ2n) is 7.43. The van der Waals surface area contributed by atoms with Crippen molar-refractivity contribution < 1.29 is 23.7 Å². The van der Waals surface area contributed by atoms with Crippen LogP contribution in [0.3, 0.4) is 0 Å². The molecule has 1 aromatic heterocycles. The first kappa shape index (κ1) is 17.6. The average Bonchev–Trinajstić information content (AvgIpc) is 3.27. The maximum atomic E-state index is 12.2. The maximum absolute atomic E-state index is 12.2. The highest BCUT2D eigenvalue weighted by Crippen LogP contribution is 2.32. The van der Waals surface area contributed by atoms with Gasteiger partial charge in [0.15, 0.2) is 23.8 Å². The van der Waals surface area contributed by atoms with E-state index in [-0.39, 0.29) is 5.76 Å². The summed E-state index contributed by atoms with van der Waals surface area (Å²) in [6.07, 6.45) is 0. The Morgan fingerprint density at radius 3 is 2.61 bits per heavy atom. The minimum Gasteiger partial charge on any atom is -0.454 e. The van der Waals surface area contributed by atoms with Crippen molar-refractivity contribution >= 4 is 22.7 Å². The standard InChI is InChI=1S/C20H20ClN3O4/c21-15-2-3-16-18(10-15)28-20(25)24(16)12-23-7-5-22(6-8-23)11-14-1-4-17-19(9-14)27-13-26-17/h1-4,9-10H,5-8,11-13H2/p+2. The lowest BCUT2D eigenvalue weighted by molar-refractivity contribution is -1.03. The molecule has 0 radical (unpaired) electrons. The predicted molar refractivity (Wildman–Crippen MR) is 103 cm³/mol. The predicted octanol–water partition coefficient (Wildman–Crippen LogP) is -0.0823. The van der Waals surface area contributed by atoms with Crippen LogP contribution in [-0.2, 0) is 13.2 Å². The van der Waals surface area contributed by atoms with E-state index in [1.54, 1.807) is 21.6 Å². The molecule has 0 amide bonds. The number of benzene rings is 2. The van der Waals surface area contributed by atoms with Crippen LogP contribution < -0.4 is 25.0 Å². The van der Waals surface area contributed by atoms with Crippen LogP contribution in [0.15, 0.2) is 45.6 Å². The zero-order chi connectivity index (χ0) is 19.1. The van der Waals surface area contributed by atoms with Crippen LogP contribution >= 0.6 is 11.6 Å². The number of fused-ring (bicyclic) bond motifs is 2. The van der Waals surface area contributed by atoms with Crippen LogP contribution in [0.5, 0.6) is 11.5 Å². The summed E-state index contributed by atoms with van der Waals surface area (Å²) < 4.78 is 17.9. The van der Waals surface area contributed by atoms with Gasteiger partial charge in [0.1, 0.15) is 32.7 Å². The second kappa shape index (κ2) is 7.16. The lowest BCUT2D eigenvalue weighted by Crippen LogP contribution is -3.27. The van der Waals surface area contributed by atoms with E-state index >= 15 is 0 Å². The second-order valence-corrected chi connectivity index (χ2v) is 7.87. The van der Waals surface area contributed by atoms with Crippen LogP contribution in [0.2, 0.25) is 5.02 Å². The van der Waals surface area contributed by atoms with Crippen LogP contribution in [-0.4, -0.2) is 37.5 Å². The molecule has 0 spiro atoms. The van der Waals surface area contributed by atoms with Crippen LogP contribution in [0.25, 0.3) is 11.1 Å². The molecule has 146 valence electrons. The van der Waals surface area contributed by atoms with Crippen molar-refractivity contribution in [2.45, 2.75) is 13.2 Å². The van der Waals surface area contributed by atoms with Crippen molar-refractivity contribution in [3.05, 3.63) is 57.5 Å². The smallest absolute Gasteiger partial charge is 0.424 e. The summed E-state index contributed by atoms with van der Waals surface area (Å²) in [6, 6.07) is 11.5. The highest BCUT2D eigenvalue weighted by Gasteiger charge is 2.25. The molecule has 2 aliphatic rings. The van der Waals surface area contributed by atoms with Gasteiger partial charge < -0.3 is 23.7 Å². The van der Waals surface area contributed by atoms with Crippen LogP contribution in [0.1, 0.15) is 5.56 Å². The molecule has 1 fully saturated rings. The van der Waals surface area contributed by atoms with E-state index in [0.29, 0.717) is 24.1 Å². The number of quaternary nitrogens is 2. The highest BCUT2D eigenvalue weighted by molar-refractivity contribution is 6.31. The minimum atomic E-state index is -0.320. The van der Waals surface area contributed by atoms with Gasteiger partial charge in [0.05, 0.1) is 5.52 Å². The van der Waals surface area contributed by atoms with Gasteiger partial charge in [-0.1, -0.05) is 11.6 Å². The Hall–Kier alpha value is -2.48. The fourth-order valence-electron chi connectivity index (χ4n) is 4.05. The molecule has 2 aliphatic heterocycles. The van der Waals surface area contributed by atoms with Gasteiger partial charge in [-0.15, -0.1) is 0 Å². The average molecular weight is 404 g/mol. The largest absolute Gasteiger partial charge is 0.454 e. The Labute approximate surface area is 166 Å². The fraction of sp³-hybridized carbons (Fsp3) is 0.350. The van der Waals surface area contributed by atoms with Gasteiger partial charge in [-0.3, -0.25) is 0 Å². The Bertz CT molecular complexity index is 1070. The quantitative estimate of drug-likeness (QED) is 0.639. The Kier molecular flexibility index (Phi) is 4.50. The molecule has 2 N–H and O–H groups in total. The SMILES string of the molecule is O=c1oc2cc(Cl)ccc2n1C[NH+]1CC[NH+](Cc2ccc3c(c2)OCO3)CC1. The lowest BCUT2D eigenvalue weighted by Gasteiger charge is -2.29. The van der Waals surface area contributed by atoms with Gasteiger partial charge in [0.2, 0.25) is 6.79 Å². The summed E-state index contributed by atoms with van der Waals surface area (Å²) in [5.74, 6) is 1.35. The van der Waals surface area contributed by atoms with Gasteiger partial charge >= 0.3 is 5.76 Å². The third-order valence-corrected chi connectivity index (χ3v) is 5.80. The molecule has 0 aliphatic carbocycles. The molecule has 3 aromatic rings. The molecule has 0 saturated carbocycles. The number of oxazole rings is 1. The zero-order valence-corrected chi connectivity index (χ0v) is 16.1. The molecule has 0 bridgehead atoms. The Morgan fingerprint density at radius 1 is 0.964 bits per heavy atom. The maximum Gasteiger partial charge on any atom is 0.424 e. The summed E-state index contributed by atoms with van der Waals surface area (Å²) in [5.41, 5.74) is 2.61. The van der Waals surface area contributed by atoms with E-state index < -0.39 is 0 Å². The van der Waals surface area contributed by atoms with E-state index in [1.165, 1.54) is 10.5 Å². The fourth-order valence-corrected chi connectivity index (χ4v) is 4.21. The first-order valence-corrected chi connectivity index (χ1v) is 9.88. The van der Waals surface area contributed by atoms with Crippen LogP contribution in [0, 0.1) is 0 Å². The molecular formula is C20H22ClN3O4+2. The molecule has 2 aromatic carbocycles. The number of ether oxygens (including phenoxy) is 2. The van der Waals surface area contributed by atoms with Gasteiger partial charge in [0, 0.05) is 16.7 Å². The molecular weight excluding hydrogens is 382 g/mol. The number of hydrogen-bond donors (Lipinski definition) is 2. The highest BCUT2D eigenvalue weighted by atomic mass is 35.5. The van der Waals surface area contributed by atoms with Crippen molar-refractivity contribution in [3.63, 3.8) is 0 Å². The number of aromatic nitrogens is 1. The number of hydrogen-bond acceptors (Lipinski definition) is 4. The van der Waals surface area contributed by atoms with Gasteiger partial charge in [-0.05, 0) is 30.3 Å². The summed E-state index contributed by atoms with van der Waals surface area (Å²) in [5, 5.41) is 0.571. The van der Waals surface area contributed by atoms with Crippen molar-refractivity contribution in [1.82, 2.24) is 4.57 Å². The first-order valence-electron chi connectivity index (χ1n) is 9.50. The molecule has 8 heteroatoms. The number of piperazine rings is 1. The first-order chi connectivity index (χ1) is 13.7. The summed E-state index contributed by atoms with van der Waals surface area (Å²) >= 11 is 5.99. The Balaban J connectivity index is 1.22. The van der Waals surface area contributed by atoms with E-state index in [0.717, 1.165) is 49.7 Å². The molecule has 5 rings (SSSR count). The van der Waals surface area contributed by atoms with Crippen LogP contribution in [0.4, 0.5) is 0 Å². The topological polar surface area (TPSA) is 62.5 Å². The number of rotatable bonds is 4. The van der Waals surface area contributed by atoms with E-state index in [9.17, 15) is 4.79 Å². The van der Waals surface area contributed by atoms with Crippen molar-refractivity contribution in [3.8, 4) is 11.5 Å². The third kappa shape index (κ3) is 3.37. The summed E-state index contributed by atoms with van der Waals surface area (Å²) in [4.78, 5) is 15.2. The summed E-state index contributed by atoms with van der Waals surface area (Å²) in [6.45, 7) is 6.02. The zero-order valence-electron chi connectivity index (χ0n) is 15.4. The number of nitrogens with one attached hydrogen (secondary N) is 2. The van der Waals surface area contributed by atoms with E-state index in [4.69, 9.17) is 25.5 Å². The number of halogens is 1. The Morgan fingerprint density at radius 2 is 1.75 bits per heavy atom. The summed E-state index contributed by atoms with van der Waals surface area (Å²) in [7, 11) is 0.